The van der Waals surface area contributed by atoms with E-state index in [1.54, 1.807) is 0 Å². The molecule has 0 unspecified atom stereocenters. The van der Waals surface area contributed by atoms with Crippen LogP contribution in [0.3, 0.4) is 0 Å². The van der Waals surface area contributed by atoms with Crippen molar-refractivity contribution in [1.82, 2.24) is 10.2 Å². The van der Waals surface area contributed by atoms with Gasteiger partial charge in [-0.1, -0.05) is 0 Å². The van der Waals surface area contributed by atoms with Gasteiger partial charge in [-0.3, -0.25) is 4.79 Å². The summed E-state index contributed by atoms with van der Waals surface area (Å²) < 4.78 is 5.56. The Kier molecular flexibility index (Phi) is 4.40. The number of piperidine rings is 1. The number of rotatable bonds is 2. The third-order valence-corrected chi connectivity index (χ3v) is 4.13. The molecule has 4 nitrogen and oxygen atoms in total. The maximum Gasteiger partial charge on any atom is 0.223 e. The van der Waals surface area contributed by atoms with Crippen molar-refractivity contribution in [1.29, 1.82) is 0 Å². The van der Waals surface area contributed by atoms with Gasteiger partial charge >= 0.3 is 0 Å². The van der Waals surface area contributed by atoms with Crippen molar-refractivity contribution in [2.75, 3.05) is 26.2 Å². The van der Waals surface area contributed by atoms with E-state index < -0.39 is 0 Å². The van der Waals surface area contributed by atoms with Crippen molar-refractivity contribution in [3.05, 3.63) is 0 Å². The van der Waals surface area contributed by atoms with Crippen molar-refractivity contribution >= 4 is 5.91 Å². The van der Waals surface area contributed by atoms with Gasteiger partial charge in [0, 0.05) is 13.0 Å². The van der Waals surface area contributed by atoms with E-state index in [0.717, 1.165) is 38.9 Å². The summed E-state index contributed by atoms with van der Waals surface area (Å²) in [5.41, 5.74) is 0. The summed E-state index contributed by atoms with van der Waals surface area (Å²) in [5, 5.41) is 3.34. The SMILES string of the molecule is C[C@@H]1OCCN(C(=O)CC2CCNCC2)[C@@H]1C. The third-order valence-electron chi connectivity index (χ3n) is 4.13. The molecule has 98 valence electrons. The topological polar surface area (TPSA) is 41.6 Å². The Balaban J connectivity index is 1.85. The second-order valence-corrected chi connectivity index (χ2v) is 5.30. The summed E-state index contributed by atoms with van der Waals surface area (Å²) in [5.74, 6) is 0.897. The van der Waals surface area contributed by atoms with Gasteiger partial charge in [0.15, 0.2) is 0 Å². The zero-order valence-electron chi connectivity index (χ0n) is 10.9. The maximum absolute atomic E-state index is 12.3. The molecule has 1 N–H and O–H groups in total. The number of carbonyl (C=O) groups is 1. The van der Waals surface area contributed by atoms with E-state index in [9.17, 15) is 4.79 Å². The molecule has 2 saturated heterocycles. The van der Waals surface area contributed by atoms with Crippen LogP contribution in [0.1, 0.15) is 33.1 Å². The molecule has 2 aliphatic heterocycles. The van der Waals surface area contributed by atoms with Gasteiger partial charge in [-0.25, -0.2) is 0 Å². The Morgan fingerprint density at radius 1 is 1.35 bits per heavy atom. The molecule has 0 bridgehead atoms. The lowest BCUT2D eigenvalue weighted by Gasteiger charge is -2.38. The molecule has 2 aliphatic rings. The minimum atomic E-state index is 0.167. The highest BCUT2D eigenvalue weighted by atomic mass is 16.5. The predicted octanol–water partition coefficient (Wildman–Crippen LogP) is 1.01. The van der Waals surface area contributed by atoms with Gasteiger partial charge in [0.25, 0.3) is 0 Å². The van der Waals surface area contributed by atoms with Gasteiger partial charge in [-0.05, 0) is 45.7 Å². The zero-order chi connectivity index (χ0) is 12.3. The van der Waals surface area contributed by atoms with Gasteiger partial charge in [0.05, 0.1) is 18.8 Å². The molecule has 2 rings (SSSR count). The van der Waals surface area contributed by atoms with Gasteiger partial charge in [0.1, 0.15) is 0 Å². The second-order valence-electron chi connectivity index (χ2n) is 5.30. The van der Waals surface area contributed by atoms with Crippen LogP contribution in [0.4, 0.5) is 0 Å². The first-order valence-corrected chi connectivity index (χ1v) is 6.80. The Morgan fingerprint density at radius 3 is 2.76 bits per heavy atom. The van der Waals surface area contributed by atoms with Crippen LogP contribution in [0, 0.1) is 5.92 Å². The molecule has 2 atom stereocenters. The van der Waals surface area contributed by atoms with E-state index >= 15 is 0 Å². The van der Waals surface area contributed by atoms with Crippen LogP contribution in [0.2, 0.25) is 0 Å². The van der Waals surface area contributed by atoms with E-state index in [1.807, 2.05) is 4.90 Å². The molecular formula is C13H24N2O2. The fraction of sp³-hybridized carbons (Fsp3) is 0.923. The Morgan fingerprint density at radius 2 is 2.06 bits per heavy atom. The summed E-state index contributed by atoms with van der Waals surface area (Å²) >= 11 is 0. The van der Waals surface area contributed by atoms with Crippen molar-refractivity contribution in [3.8, 4) is 0 Å². The minimum Gasteiger partial charge on any atom is -0.375 e. The minimum absolute atomic E-state index is 0.167. The fourth-order valence-electron chi connectivity index (χ4n) is 2.74. The highest BCUT2D eigenvalue weighted by Crippen LogP contribution is 2.20. The number of morpholine rings is 1. The second kappa shape index (κ2) is 5.83. The van der Waals surface area contributed by atoms with Crippen LogP contribution < -0.4 is 5.32 Å². The van der Waals surface area contributed by atoms with E-state index in [0.29, 0.717) is 18.4 Å². The molecule has 0 aromatic rings. The molecular weight excluding hydrogens is 216 g/mol. The van der Waals surface area contributed by atoms with Crippen LogP contribution in [-0.4, -0.2) is 49.2 Å². The molecule has 0 saturated carbocycles. The lowest BCUT2D eigenvalue weighted by atomic mass is 9.93. The van der Waals surface area contributed by atoms with Crippen molar-refractivity contribution in [3.63, 3.8) is 0 Å². The standard InChI is InChI=1S/C13H24N2O2/c1-10-11(2)17-8-7-15(10)13(16)9-12-3-5-14-6-4-12/h10-12,14H,3-9H2,1-2H3/t10-,11+/m1/s1. The summed E-state index contributed by atoms with van der Waals surface area (Å²) in [6.45, 7) is 7.71. The average molecular weight is 240 g/mol. The lowest BCUT2D eigenvalue weighted by Crippen LogP contribution is -2.51. The average Bonchev–Trinajstić information content (AvgIpc) is 2.34. The molecule has 0 radical (unpaired) electrons. The Bertz CT molecular complexity index is 264. The van der Waals surface area contributed by atoms with Gasteiger partial charge in [-0.15, -0.1) is 0 Å². The molecule has 2 heterocycles. The summed E-state index contributed by atoms with van der Waals surface area (Å²) in [4.78, 5) is 14.3. The van der Waals surface area contributed by atoms with Crippen molar-refractivity contribution < 1.29 is 9.53 Å². The van der Waals surface area contributed by atoms with E-state index in [-0.39, 0.29) is 12.1 Å². The van der Waals surface area contributed by atoms with Crippen LogP contribution in [0.25, 0.3) is 0 Å². The third kappa shape index (κ3) is 3.19. The number of hydrogen-bond acceptors (Lipinski definition) is 3. The Hall–Kier alpha value is -0.610. The molecule has 4 heteroatoms. The number of amides is 1. The number of ether oxygens (including phenoxy) is 1. The maximum atomic E-state index is 12.3. The molecule has 1 amide bonds. The summed E-state index contributed by atoms with van der Waals surface area (Å²) in [7, 11) is 0. The fourth-order valence-corrected chi connectivity index (χ4v) is 2.74. The number of hydrogen-bond donors (Lipinski definition) is 1. The largest absolute Gasteiger partial charge is 0.375 e. The van der Waals surface area contributed by atoms with Crippen LogP contribution in [0.15, 0.2) is 0 Å². The predicted molar refractivity (Wildman–Crippen MR) is 66.8 cm³/mol. The van der Waals surface area contributed by atoms with Gasteiger partial charge in [0.2, 0.25) is 5.91 Å². The lowest BCUT2D eigenvalue weighted by molar-refractivity contribution is -0.145. The molecule has 0 aliphatic carbocycles. The summed E-state index contributed by atoms with van der Waals surface area (Å²) in [6.07, 6.45) is 3.17. The smallest absolute Gasteiger partial charge is 0.223 e. The number of carbonyl (C=O) groups excluding carboxylic acids is 1. The first kappa shape index (κ1) is 12.8. The zero-order valence-corrected chi connectivity index (χ0v) is 10.9. The van der Waals surface area contributed by atoms with Crippen LogP contribution >= 0.6 is 0 Å². The van der Waals surface area contributed by atoms with E-state index in [4.69, 9.17) is 4.74 Å². The molecule has 2 fully saturated rings. The molecule has 17 heavy (non-hydrogen) atoms. The first-order valence-electron chi connectivity index (χ1n) is 6.80. The van der Waals surface area contributed by atoms with Crippen molar-refractivity contribution in [2.24, 2.45) is 5.92 Å². The quantitative estimate of drug-likeness (QED) is 0.783. The summed E-state index contributed by atoms with van der Waals surface area (Å²) in [6, 6.07) is 0.220. The van der Waals surface area contributed by atoms with Crippen LogP contribution in [0.5, 0.6) is 0 Å². The molecule has 0 aromatic heterocycles. The van der Waals surface area contributed by atoms with Crippen LogP contribution in [-0.2, 0) is 9.53 Å². The molecule has 0 spiro atoms. The number of nitrogens with zero attached hydrogens (tertiary/aromatic N) is 1. The highest BCUT2D eigenvalue weighted by molar-refractivity contribution is 5.77. The first-order chi connectivity index (χ1) is 8.18. The van der Waals surface area contributed by atoms with E-state index in [2.05, 4.69) is 19.2 Å². The normalized spacial score (nSPS) is 31.5. The van der Waals surface area contributed by atoms with Gasteiger partial charge in [-0.2, -0.15) is 0 Å². The van der Waals surface area contributed by atoms with E-state index in [1.165, 1.54) is 0 Å². The van der Waals surface area contributed by atoms with Crippen molar-refractivity contribution in [2.45, 2.75) is 45.3 Å². The molecule has 0 aromatic carbocycles. The number of nitrogens with one attached hydrogen (secondary N) is 1. The monoisotopic (exact) mass is 240 g/mol. The Labute approximate surface area is 104 Å². The highest BCUT2D eigenvalue weighted by Gasteiger charge is 2.30. The van der Waals surface area contributed by atoms with Gasteiger partial charge < -0.3 is 15.0 Å².